The number of rotatable bonds is 5. The number of benzene rings is 2. The molecule has 8 nitrogen and oxygen atoms in total. The van der Waals surface area contributed by atoms with Crippen LogP contribution in [0.4, 0.5) is 5.69 Å². The van der Waals surface area contributed by atoms with Gasteiger partial charge in [0.2, 0.25) is 5.88 Å². The first kappa shape index (κ1) is 18.7. The smallest absolute Gasteiger partial charge is 0.259 e. The van der Waals surface area contributed by atoms with Gasteiger partial charge in [0.05, 0.1) is 5.56 Å². The maximum absolute atomic E-state index is 12.7. The molecule has 0 spiro atoms. The van der Waals surface area contributed by atoms with Gasteiger partial charge in [-0.3, -0.25) is 4.79 Å². The molecular weight excluding hydrogens is 396 g/mol. The normalized spacial score (nSPS) is 12.3. The van der Waals surface area contributed by atoms with Crippen molar-refractivity contribution in [1.82, 2.24) is 14.5 Å². The summed E-state index contributed by atoms with van der Waals surface area (Å²) in [6.07, 6.45) is 5.24. The molecule has 4 aromatic rings. The summed E-state index contributed by atoms with van der Waals surface area (Å²) in [5.41, 5.74) is 1.05. The summed E-state index contributed by atoms with van der Waals surface area (Å²) < 4.78 is 18.8. The van der Waals surface area contributed by atoms with E-state index in [4.69, 9.17) is 14.2 Å². The summed E-state index contributed by atoms with van der Waals surface area (Å²) in [4.78, 5) is 21.1. The van der Waals surface area contributed by atoms with Crippen LogP contribution in [0, 0.1) is 0 Å². The zero-order chi connectivity index (χ0) is 21.0. The molecule has 5 rings (SSSR count). The summed E-state index contributed by atoms with van der Waals surface area (Å²) in [6, 6.07) is 17.9. The van der Waals surface area contributed by atoms with E-state index in [1.807, 2.05) is 29.1 Å². The van der Waals surface area contributed by atoms with Crippen molar-refractivity contribution in [2.24, 2.45) is 0 Å². The van der Waals surface area contributed by atoms with E-state index in [0.717, 1.165) is 0 Å². The number of anilines is 1. The molecule has 0 fully saturated rings. The minimum atomic E-state index is -0.275. The van der Waals surface area contributed by atoms with Gasteiger partial charge in [-0.25, -0.2) is 9.97 Å². The van der Waals surface area contributed by atoms with Gasteiger partial charge >= 0.3 is 0 Å². The number of carbonyl (C=O) groups is 1. The molecule has 0 saturated heterocycles. The highest BCUT2D eigenvalue weighted by Crippen LogP contribution is 2.34. The third-order valence-electron chi connectivity index (χ3n) is 4.64. The number of para-hydroxylation sites is 1. The number of hydrogen-bond donors (Lipinski definition) is 1. The number of nitrogens with one attached hydrogen (secondary N) is 1. The molecule has 1 aliphatic rings. The number of hydrogen-bond acceptors (Lipinski definition) is 6. The Bertz CT molecular complexity index is 1210. The number of fused-ring (bicyclic) bond motifs is 1. The quantitative estimate of drug-likeness (QED) is 0.529. The van der Waals surface area contributed by atoms with Crippen LogP contribution in [0.25, 0.3) is 5.82 Å². The second-order valence-electron chi connectivity index (χ2n) is 6.72. The molecule has 0 bridgehead atoms. The summed E-state index contributed by atoms with van der Waals surface area (Å²) in [5.74, 6) is 2.48. The van der Waals surface area contributed by atoms with E-state index < -0.39 is 0 Å². The van der Waals surface area contributed by atoms with Crippen molar-refractivity contribution in [3.63, 3.8) is 0 Å². The summed E-state index contributed by atoms with van der Waals surface area (Å²) >= 11 is 0. The maximum Gasteiger partial charge on any atom is 0.259 e. The molecule has 0 saturated carbocycles. The fraction of sp³-hybridized carbons (Fsp3) is 0.0870. The highest BCUT2D eigenvalue weighted by Gasteiger charge is 2.20. The van der Waals surface area contributed by atoms with Crippen molar-refractivity contribution in [2.45, 2.75) is 0 Å². The molecule has 0 aliphatic carbocycles. The Kier molecular flexibility index (Phi) is 4.94. The van der Waals surface area contributed by atoms with Gasteiger partial charge in [0.25, 0.3) is 5.91 Å². The predicted molar refractivity (Wildman–Crippen MR) is 113 cm³/mol. The van der Waals surface area contributed by atoms with Crippen LogP contribution >= 0.6 is 0 Å². The molecule has 8 heteroatoms. The Morgan fingerprint density at radius 3 is 2.61 bits per heavy atom. The lowest BCUT2D eigenvalue weighted by atomic mass is 10.1. The second kappa shape index (κ2) is 8.19. The summed E-state index contributed by atoms with van der Waals surface area (Å²) in [7, 11) is 0. The van der Waals surface area contributed by atoms with Gasteiger partial charge in [-0.15, -0.1) is 0 Å². The van der Waals surface area contributed by atoms with E-state index in [0.29, 0.717) is 53.4 Å². The first-order chi connectivity index (χ1) is 15.3. The van der Waals surface area contributed by atoms with Gasteiger partial charge in [-0.1, -0.05) is 6.07 Å². The lowest BCUT2D eigenvalue weighted by Crippen LogP contribution is -2.20. The number of carbonyl (C=O) groups excluding carboxylic acids is 1. The highest BCUT2D eigenvalue weighted by molar-refractivity contribution is 6.06. The zero-order valence-corrected chi connectivity index (χ0v) is 16.4. The minimum Gasteiger partial charge on any atom is -0.486 e. The summed E-state index contributed by atoms with van der Waals surface area (Å²) in [5, 5.41) is 2.87. The monoisotopic (exact) mass is 414 g/mol. The van der Waals surface area contributed by atoms with Gasteiger partial charge in [0, 0.05) is 24.1 Å². The molecule has 31 heavy (non-hydrogen) atoms. The Balaban J connectivity index is 1.28. The van der Waals surface area contributed by atoms with E-state index in [1.54, 1.807) is 48.5 Å². The van der Waals surface area contributed by atoms with Crippen LogP contribution in [-0.2, 0) is 0 Å². The average molecular weight is 414 g/mol. The van der Waals surface area contributed by atoms with E-state index in [-0.39, 0.29) is 5.91 Å². The molecule has 154 valence electrons. The standard InChI is InChI=1S/C23H18N4O4/c28-23(18-4-3-5-19-22(18)30-13-12-29-19)26-16-6-8-17(9-7-16)31-21-14-20(24-15-25-21)27-10-1-2-11-27/h1-11,14-15H,12-13H2,(H,26,28). The average Bonchev–Trinajstić information content (AvgIpc) is 3.35. The fourth-order valence-corrected chi connectivity index (χ4v) is 3.19. The highest BCUT2D eigenvalue weighted by atomic mass is 16.6. The van der Waals surface area contributed by atoms with Crippen LogP contribution in [0.15, 0.2) is 79.4 Å². The van der Waals surface area contributed by atoms with Gasteiger partial charge in [0.15, 0.2) is 11.5 Å². The summed E-state index contributed by atoms with van der Waals surface area (Å²) in [6.45, 7) is 0.886. The van der Waals surface area contributed by atoms with Crippen molar-refractivity contribution >= 4 is 11.6 Å². The lowest BCUT2D eigenvalue weighted by Gasteiger charge is -2.20. The molecule has 0 radical (unpaired) electrons. The van der Waals surface area contributed by atoms with E-state index in [9.17, 15) is 4.79 Å². The van der Waals surface area contributed by atoms with Crippen LogP contribution in [0.1, 0.15) is 10.4 Å². The number of amides is 1. The zero-order valence-electron chi connectivity index (χ0n) is 16.4. The largest absolute Gasteiger partial charge is 0.486 e. The molecule has 1 N–H and O–H groups in total. The van der Waals surface area contributed by atoms with Gasteiger partial charge in [-0.05, 0) is 48.5 Å². The Morgan fingerprint density at radius 2 is 1.77 bits per heavy atom. The molecule has 0 atom stereocenters. The van der Waals surface area contributed by atoms with Crippen LogP contribution in [-0.4, -0.2) is 33.7 Å². The Hall–Kier alpha value is -4.33. The minimum absolute atomic E-state index is 0.275. The van der Waals surface area contributed by atoms with Crippen molar-refractivity contribution in [1.29, 1.82) is 0 Å². The van der Waals surface area contributed by atoms with Crippen molar-refractivity contribution < 1.29 is 19.0 Å². The third-order valence-corrected chi connectivity index (χ3v) is 4.64. The number of aromatic nitrogens is 3. The van der Waals surface area contributed by atoms with Crippen LogP contribution in [0.2, 0.25) is 0 Å². The number of ether oxygens (including phenoxy) is 3. The van der Waals surface area contributed by atoms with Crippen LogP contribution in [0.3, 0.4) is 0 Å². The molecule has 0 unspecified atom stereocenters. The molecular formula is C23H18N4O4. The Labute approximate surface area is 178 Å². The van der Waals surface area contributed by atoms with Crippen molar-refractivity contribution in [2.75, 3.05) is 18.5 Å². The molecule has 3 heterocycles. The number of nitrogens with zero attached hydrogens (tertiary/aromatic N) is 3. The Morgan fingerprint density at radius 1 is 0.968 bits per heavy atom. The second-order valence-corrected chi connectivity index (χ2v) is 6.72. The van der Waals surface area contributed by atoms with Crippen molar-refractivity contribution in [3.8, 4) is 28.9 Å². The van der Waals surface area contributed by atoms with Gasteiger partial charge in [0.1, 0.15) is 31.1 Å². The van der Waals surface area contributed by atoms with Crippen molar-refractivity contribution in [3.05, 3.63) is 84.9 Å². The molecule has 1 aliphatic heterocycles. The fourth-order valence-electron chi connectivity index (χ4n) is 3.19. The maximum atomic E-state index is 12.7. The SMILES string of the molecule is O=C(Nc1ccc(Oc2cc(-n3cccc3)ncn2)cc1)c1cccc2c1OCCO2. The van der Waals surface area contributed by atoms with Gasteiger partial charge in [-0.2, -0.15) is 0 Å². The van der Waals surface area contributed by atoms with Gasteiger partial charge < -0.3 is 24.1 Å². The molecule has 2 aromatic heterocycles. The van der Waals surface area contributed by atoms with E-state index in [2.05, 4.69) is 15.3 Å². The first-order valence-electron chi connectivity index (χ1n) is 9.69. The van der Waals surface area contributed by atoms with E-state index in [1.165, 1.54) is 6.33 Å². The first-order valence-corrected chi connectivity index (χ1v) is 9.69. The van der Waals surface area contributed by atoms with Crippen LogP contribution < -0.4 is 19.5 Å². The lowest BCUT2D eigenvalue weighted by molar-refractivity contribution is 0.101. The topological polar surface area (TPSA) is 87.5 Å². The molecule has 1 amide bonds. The van der Waals surface area contributed by atoms with Crippen LogP contribution in [0.5, 0.6) is 23.1 Å². The van der Waals surface area contributed by atoms with E-state index >= 15 is 0 Å². The predicted octanol–water partition coefficient (Wildman–Crippen LogP) is 4.08. The molecule has 2 aromatic carbocycles. The third kappa shape index (κ3) is 4.04.